The fourth-order valence-electron chi connectivity index (χ4n) is 2.41. The summed E-state index contributed by atoms with van der Waals surface area (Å²) in [5.41, 5.74) is 2.90. The maximum atomic E-state index is 12.3. The third kappa shape index (κ3) is 3.57. The largest absolute Gasteiger partial charge is 0.351 e. The zero-order valence-electron chi connectivity index (χ0n) is 13.5. The second-order valence-electron chi connectivity index (χ2n) is 5.51. The van der Waals surface area contributed by atoms with Crippen molar-refractivity contribution in [2.24, 2.45) is 7.05 Å². The first kappa shape index (κ1) is 16.9. The highest BCUT2D eigenvalue weighted by Gasteiger charge is 2.18. The molecule has 0 bridgehead atoms. The fourth-order valence-corrected chi connectivity index (χ4v) is 3.52. The minimum absolute atomic E-state index is 0.0352. The molecule has 0 aliphatic heterocycles. The zero-order valence-corrected chi connectivity index (χ0v) is 15.1. The second kappa shape index (κ2) is 7.28. The molecule has 1 atom stereocenters. The van der Waals surface area contributed by atoms with Crippen LogP contribution in [0.5, 0.6) is 0 Å². The number of nitrogens with zero attached hydrogens (tertiary/aromatic N) is 2. The lowest BCUT2D eigenvalue weighted by atomic mass is 10.2. The Morgan fingerprint density at radius 1 is 1.25 bits per heavy atom. The number of benzene rings is 2. The Labute approximate surface area is 150 Å². The maximum Gasteiger partial charge on any atom is 0.233 e. The van der Waals surface area contributed by atoms with Crippen LogP contribution in [0.4, 0.5) is 0 Å². The molecular formula is C18H18ClN3OS. The van der Waals surface area contributed by atoms with Crippen LogP contribution in [-0.2, 0) is 18.4 Å². The van der Waals surface area contributed by atoms with Crippen molar-refractivity contribution < 1.29 is 4.79 Å². The van der Waals surface area contributed by atoms with Gasteiger partial charge in [0.05, 0.1) is 16.3 Å². The summed E-state index contributed by atoms with van der Waals surface area (Å²) in [6, 6.07) is 15.5. The Kier molecular flexibility index (Phi) is 5.11. The molecule has 1 unspecified atom stereocenters. The molecular weight excluding hydrogens is 342 g/mol. The lowest BCUT2D eigenvalue weighted by molar-refractivity contribution is -0.120. The summed E-state index contributed by atoms with van der Waals surface area (Å²) in [5, 5.41) is 4.18. The number of aromatic nitrogens is 2. The molecule has 0 aliphatic rings. The number of nitrogens with one attached hydrogen (secondary N) is 1. The van der Waals surface area contributed by atoms with Gasteiger partial charge in [0.25, 0.3) is 0 Å². The van der Waals surface area contributed by atoms with Gasteiger partial charge in [-0.25, -0.2) is 4.98 Å². The average molecular weight is 360 g/mol. The van der Waals surface area contributed by atoms with Gasteiger partial charge in [-0.1, -0.05) is 53.7 Å². The monoisotopic (exact) mass is 359 g/mol. The van der Waals surface area contributed by atoms with Gasteiger partial charge in [-0.2, -0.15) is 0 Å². The minimum Gasteiger partial charge on any atom is -0.351 e. The average Bonchev–Trinajstić information content (AvgIpc) is 2.90. The number of hydrogen-bond donors (Lipinski definition) is 1. The number of para-hydroxylation sites is 2. The van der Waals surface area contributed by atoms with E-state index >= 15 is 0 Å². The van der Waals surface area contributed by atoms with Gasteiger partial charge in [-0.05, 0) is 30.7 Å². The molecule has 1 heterocycles. The molecule has 3 aromatic rings. The van der Waals surface area contributed by atoms with Gasteiger partial charge in [-0.15, -0.1) is 0 Å². The number of imidazole rings is 1. The lowest BCUT2D eigenvalue weighted by Crippen LogP contribution is -2.30. The van der Waals surface area contributed by atoms with E-state index in [1.165, 1.54) is 11.8 Å². The number of halogens is 1. The summed E-state index contributed by atoms with van der Waals surface area (Å²) in [6.45, 7) is 2.30. The van der Waals surface area contributed by atoms with Crippen molar-refractivity contribution in [3.63, 3.8) is 0 Å². The molecule has 4 nitrogen and oxygen atoms in total. The van der Waals surface area contributed by atoms with E-state index in [0.29, 0.717) is 11.6 Å². The molecule has 0 spiro atoms. The molecule has 1 N–H and O–H groups in total. The lowest BCUT2D eigenvalue weighted by Gasteiger charge is -2.12. The maximum absolute atomic E-state index is 12.3. The molecule has 0 radical (unpaired) electrons. The van der Waals surface area contributed by atoms with E-state index in [2.05, 4.69) is 10.3 Å². The van der Waals surface area contributed by atoms with Crippen LogP contribution in [0.3, 0.4) is 0 Å². The normalized spacial score (nSPS) is 12.3. The van der Waals surface area contributed by atoms with Gasteiger partial charge in [0, 0.05) is 18.6 Å². The molecule has 6 heteroatoms. The Balaban J connectivity index is 1.65. The first-order valence-corrected chi connectivity index (χ1v) is 8.91. The quantitative estimate of drug-likeness (QED) is 0.700. The van der Waals surface area contributed by atoms with Crippen molar-refractivity contribution in [1.82, 2.24) is 14.9 Å². The van der Waals surface area contributed by atoms with Crippen LogP contribution in [0.15, 0.2) is 53.7 Å². The third-order valence-electron chi connectivity index (χ3n) is 3.81. The van der Waals surface area contributed by atoms with Crippen molar-refractivity contribution in [3.8, 4) is 0 Å². The number of aryl methyl sites for hydroxylation is 1. The molecule has 124 valence electrons. The molecule has 3 rings (SSSR count). The second-order valence-corrected chi connectivity index (χ2v) is 7.23. The number of rotatable bonds is 5. The number of hydrogen-bond acceptors (Lipinski definition) is 3. The molecule has 24 heavy (non-hydrogen) atoms. The Morgan fingerprint density at radius 3 is 2.71 bits per heavy atom. The SMILES string of the molecule is CC(Sc1nc2ccccc2n1C)C(=O)NCc1ccccc1Cl. The number of amides is 1. The molecule has 0 saturated carbocycles. The van der Waals surface area contributed by atoms with Crippen molar-refractivity contribution in [2.45, 2.75) is 23.9 Å². The number of carbonyl (C=O) groups is 1. The highest BCUT2D eigenvalue weighted by Crippen LogP contribution is 2.26. The number of fused-ring (bicyclic) bond motifs is 1. The molecule has 1 aromatic heterocycles. The van der Waals surface area contributed by atoms with Crippen molar-refractivity contribution in [1.29, 1.82) is 0 Å². The predicted molar refractivity (Wildman–Crippen MR) is 99.3 cm³/mol. The summed E-state index contributed by atoms with van der Waals surface area (Å²) in [5.74, 6) is -0.0352. The van der Waals surface area contributed by atoms with Crippen LogP contribution in [0.1, 0.15) is 12.5 Å². The summed E-state index contributed by atoms with van der Waals surface area (Å²) in [4.78, 5) is 16.9. The molecule has 0 fully saturated rings. The highest BCUT2D eigenvalue weighted by atomic mass is 35.5. The summed E-state index contributed by atoms with van der Waals surface area (Å²) < 4.78 is 2.01. The number of thioether (sulfide) groups is 1. The van der Waals surface area contributed by atoms with Crippen molar-refractivity contribution >= 4 is 40.3 Å². The van der Waals surface area contributed by atoms with Crippen LogP contribution >= 0.6 is 23.4 Å². The van der Waals surface area contributed by atoms with Crippen molar-refractivity contribution in [2.75, 3.05) is 0 Å². The highest BCUT2D eigenvalue weighted by molar-refractivity contribution is 8.00. The van der Waals surface area contributed by atoms with E-state index in [-0.39, 0.29) is 11.2 Å². The predicted octanol–water partition coefficient (Wildman–Crippen LogP) is 4.02. The summed E-state index contributed by atoms with van der Waals surface area (Å²) in [7, 11) is 1.96. The van der Waals surface area contributed by atoms with Gasteiger partial charge in [0.2, 0.25) is 5.91 Å². The minimum atomic E-state index is -0.247. The standard InChI is InChI=1S/C18H18ClN3OS/c1-12(17(23)20-11-13-7-3-4-8-14(13)19)24-18-21-15-9-5-6-10-16(15)22(18)2/h3-10,12H,11H2,1-2H3,(H,20,23). The van der Waals surface area contributed by atoms with Crippen molar-refractivity contribution in [3.05, 3.63) is 59.1 Å². The van der Waals surface area contributed by atoms with Crippen LogP contribution in [0.25, 0.3) is 11.0 Å². The number of carbonyl (C=O) groups excluding carboxylic acids is 1. The van der Waals surface area contributed by atoms with Crippen LogP contribution in [0, 0.1) is 0 Å². The van der Waals surface area contributed by atoms with E-state index < -0.39 is 0 Å². The van der Waals surface area contributed by atoms with Crippen LogP contribution in [-0.4, -0.2) is 20.7 Å². The Hall–Kier alpha value is -1.98. The fraction of sp³-hybridized carbons (Fsp3) is 0.222. The molecule has 0 saturated heterocycles. The van der Waals surface area contributed by atoms with Crippen LogP contribution in [0.2, 0.25) is 5.02 Å². The van der Waals surface area contributed by atoms with E-state index in [4.69, 9.17) is 11.6 Å². The van der Waals surface area contributed by atoms with Crippen LogP contribution < -0.4 is 5.32 Å². The van der Waals surface area contributed by atoms with E-state index in [0.717, 1.165) is 21.8 Å². The van der Waals surface area contributed by atoms with E-state index in [9.17, 15) is 4.79 Å². The first-order chi connectivity index (χ1) is 11.6. The van der Waals surface area contributed by atoms with Gasteiger partial charge in [0.1, 0.15) is 0 Å². The van der Waals surface area contributed by atoms with Gasteiger partial charge < -0.3 is 9.88 Å². The Morgan fingerprint density at radius 2 is 1.96 bits per heavy atom. The Bertz CT molecular complexity index is 878. The summed E-state index contributed by atoms with van der Waals surface area (Å²) >= 11 is 7.56. The van der Waals surface area contributed by atoms with Gasteiger partial charge >= 0.3 is 0 Å². The van der Waals surface area contributed by atoms with E-state index in [1.54, 1.807) is 0 Å². The zero-order chi connectivity index (χ0) is 17.1. The van der Waals surface area contributed by atoms with Gasteiger partial charge in [0.15, 0.2) is 5.16 Å². The third-order valence-corrected chi connectivity index (χ3v) is 5.32. The van der Waals surface area contributed by atoms with Gasteiger partial charge in [-0.3, -0.25) is 4.79 Å². The smallest absolute Gasteiger partial charge is 0.233 e. The first-order valence-electron chi connectivity index (χ1n) is 7.65. The molecule has 1 amide bonds. The topological polar surface area (TPSA) is 46.9 Å². The summed E-state index contributed by atoms with van der Waals surface area (Å²) in [6.07, 6.45) is 0. The molecule has 0 aliphatic carbocycles. The molecule has 2 aromatic carbocycles. The van der Waals surface area contributed by atoms with E-state index in [1.807, 2.05) is 67.1 Å².